The smallest absolute Gasteiger partial charge is 0.127 e. The van der Waals surface area contributed by atoms with Gasteiger partial charge in [0.2, 0.25) is 0 Å². The molecule has 3 heteroatoms. The minimum absolute atomic E-state index is 0.108. The average Bonchev–Trinajstić information content (AvgIpc) is 2.43. The van der Waals surface area contributed by atoms with Crippen molar-refractivity contribution in [3.63, 3.8) is 0 Å². The highest BCUT2D eigenvalue weighted by molar-refractivity contribution is 5.20. The second-order valence-corrected chi connectivity index (χ2v) is 5.21. The highest BCUT2D eigenvalue weighted by atomic mass is 19.1. The maximum atomic E-state index is 13.7. The van der Waals surface area contributed by atoms with Gasteiger partial charge < -0.3 is 5.32 Å². The van der Waals surface area contributed by atoms with Crippen molar-refractivity contribution in [3.05, 3.63) is 35.6 Å². The quantitative estimate of drug-likeness (QED) is 0.773. The number of nitrogens with one attached hydrogen (secondary N) is 1. The van der Waals surface area contributed by atoms with Crippen molar-refractivity contribution >= 4 is 0 Å². The molecule has 0 bridgehead atoms. The molecule has 0 aliphatic heterocycles. The molecule has 1 aromatic carbocycles. The van der Waals surface area contributed by atoms with Crippen LogP contribution in [0.25, 0.3) is 0 Å². The molecule has 19 heavy (non-hydrogen) atoms. The van der Waals surface area contributed by atoms with Gasteiger partial charge in [-0.3, -0.25) is 4.90 Å². The molecule has 0 heterocycles. The Kier molecular flexibility index (Phi) is 7.03. The molecule has 1 aromatic rings. The van der Waals surface area contributed by atoms with Gasteiger partial charge in [-0.05, 0) is 52.9 Å². The monoisotopic (exact) mass is 266 g/mol. The molecule has 0 aliphatic rings. The van der Waals surface area contributed by atoms with Crippen molar-refractivity contribution in [2.75, 3.05) is 20.6 Å². The first-order valence-electron chi connectivity index (χ1n) is 7.22. The second-order valence-electron chi connectivity index (χ2n) is 5.21. The lowest BCUT2D eigenvalue weighted by atomic mass is 10.1. The summed E-state index contributed by atoms with van der Waals surface area (Å²) in [5, 5.41) is 3.32. The van der Waals surface area contributed by atoms with Crippen molar-refractivity contribution in [1.29, 1.82) is 0 Å². The molecule has 0 amide bonds. The van der Waals surface area contributed by atoms with E-state index in [2.05, 4.69) is 31.1 Å². The Hall–Kier alpha value is -0.930. The number of halogens is 1. The number of rotatable bonds is 8. The Balaban J connectivity index is 2.45. The summed E-state index contributed by atoms with van der Waals surface area (Å²) >= 11 is 0. The van der Waals surface area contributed by atoms with E-state index in [0.29, 0.717) is 6.04 Å². The molecule has 108 valence electrons. The van der Waals surface area contributed by atoms with E-state index in [1.165, 1.54) is 12.5 Å². The van der Waals surface area contributed by atoms with Crippen molar-refractivity contribution < 1.29 is 4.39 Å². The van der Waals surface area contributed by atoms with Crippen LogP contribution in [0.15, 0.2) is 24.3 Å². The highest BCUT2D eigenvalue weighted by Gasteiger charge is 2.15. The van der Waals surface area contributed by atoms with Gasteiger partial charge in [-0.2, -0.15) is 0 Å². The Morgan fingerprint density at radius 3 is 2.58 bits per heavy atom. The predicted molar refractivity (Wildman–Crippen MR) is 79.8 cm³/mol. The number of nitrogens with zero attached hydrogens (tertiary/aromatic N) is 1. The fraction of sp³-hybridized carbons (Fsp3) is 0.625. The van der Waals surface area contributed by atoms with Gasteiger partial charge in [-0.15, -0.1) is 0 Å². The third-order valence-corrected chi connectivity index (χ3v) is 3.98. The average molecular weight is 266 g/mol. The summed E-state index contributed by atoms with van der Waals surface area (Å²) in [6.07, 6.45) is 3.46. The van der Waals surface area contributed by atoms with Crippen LogP contribution in [0.2, 0.25) is 0 Å². The van der Waals surface area contributed by atoms with E-state index in [0.717, 1.165) is 24.9 Å². The Morgan fingerprint density at radius 1 is 1.32 bits per heavy atom. The predicted octanol–water partition coefficient (Wildman–Crippen LogP) is 3.60. The van der Waals surface area contributed by atoms with Crippen LogP contribution in [0.5, 0.6) is 0 Å². The minimum Gasteiger partial charge on any atom is -0.317 e. The molecule has 0 spiro atoms. The first-order valence-corrected chi connectivity index (χ1v) is 7.22. The second kappa shape index (κ2) is 8.28. The zero-order valence-electron chi connectivity index (χ0n) is 12.6. The number of hydrogen-bond acceptors (Lipinski definition) is 2. The molecular weight excluding hydrogens is 239 g/mol. The summed E-state index contributed by atoms with van der Waals surface area (Å²) in [6, 6.07) is 7.77. The van der Waals surface area contributed by atoms with E-state index in [9.17, 15) is 4.39 Å². The molecule has 2 atom stereocenters. The first kappa shape index (κ1) is 16.1. The highest BCUT2D eigenvalue weighted by Crippen LogP contribution is 2.21. The molecule has 0 saturated heterocycles. The zero-order chi connectivity index (χ0) is 14.3. The van der Waals surface area contributed by atoms with Gasteiger partial charge in [0, 0.05) is 17.6 Å². The van der Waals surface area contributed by atoms with Gasteiger partial charge in [-0.25, -0.2) is 4.39 Å². The van der Waals surface area contributed by atoms with Crippen LogP contribution in [0.3, 0.4) is 0 Å². The maximum Gasteiger partial charge on any atom is 0.127 e. The molecule has 1 rings (SSSR count). The van der Waals surface area contributed by atoms with Crippen molar-refractivity contribution in [1.82, 2.24) is 10.2 Å². The van der Waals surface area contributed by atoms with Crippen LogP contribution in [0.1, 0.15) is 44.7 Å². The SMILES string of the molecule is CCC(CCCN(C)C(C)c1ccccc1F)NC. The third kappa shape index (κ3) is 4.92. The van der Waals surface area contributed by atoms with Gasteiger partial charge in [0.05, 0.1) is 0 Å². The molecule has 0 fully saturated rings. The van der Waals surface area contributed by atoms with Gasteiger partial charge in [0.1, 0.15) is 5.82 Å². The molecule has 2 nitrogen and oxygen atoms in total. The van der Waals surface area contributed by atoms with E-state index >= 15 is 0 Å². The van der Waals surface area contributed by atoms with Crippen LogP contribution in [-0.4, -0.2) is 31.6 Å². The summed E-state index contributed by atoms with van der Waals surface area (Å²) in [4.78, 5) is 2.22. The van der Waals surface area contributed by atoms with Crippen LogP contribution >= 0.6 is 0 Å². The largest absolute Gasteiger partial charge is 0.317 e. The Morgan fingerprint density at radius 2 is 2.00 bits per heavy atom. The lowest BCUT2D eigenvalue weighted by molar-refractivity contribution is 0.246. The van der Waals surface area contributed by atoms with Crippen molar-refractivity contribution in [3.8, 4) is 0 Å². The van der Waals surface area contributed by atoms with Crippen molar-refractivity contribution in [2.24, 2.45) is 0 Å². The fourth-order valence-electron chi connectivity index (χ4n) is 2.38. The van der Waals surface area contributed by atoms with E-state index in [-0.39, 0.29) is 11.9 Å². The fourth-order valence-corrected chi connectivity index (χ4v) is 2.38. The molecule has 1 N–H and O–H groups in total. The van der Waals surface area contributed by atoms with Crippen LogP contribution < -0.4 is 5.32 Å². The van der Waals surface area contributed by atoms with E-state index in [1.807, 2.05) is 19.2 Å². The molecule has 0 saturated carbocycles. The van der Waals surface area contributed by atoms with Gasteiger partial charge in [0.25, 0.3) is 0 Å². The molecule has 2 unspecified atom stereocenters. The molecule has 0 aliphatic carbocycles. The molecule has 0 radical (unpaired) electrons. The Bertz CT molecular complexity index is 364. The number of benzene rings is 1. The van der Waals surface area contributed by atoms with Gasteiger partial charge in [-0.1, -0.05) is 25.1 Å². The first-order chi connectivity index (χ1) is 9.10. The standard InChI is InChI=1S/C16H27FN2/c1-5-14(18-3)9-8-12-19(4)13(2)15-10-6-7-11-16(15)17/h6-7,10-11,13-14,18H,5,8-9,12H2,1-4H3. The lowest BCUT2D eigenvalue weighted by Crippen LogP contribution is -2.28. The lowest BCUT2D eigenvalue weighted by Gasteiger charge is -2.26. The topological polar surface area (TPSA) is 15.3 Å². The summed E-state index contributed by atoms with van der Waals surface area (Å²) in [7, 11) is 4.08. The van der Waals surface area contributed by atoms with Gasteiger partial charge in [0.15, 0.2) is 0 Å². The van der Waals surface area contributed by atoms with E-state index in [4.69, 9.17) is 0 Å². The third-order valence-electron chi connectivity index (χ3n) is 3.98. The van der Waals surface area contributed by atoms with E-state index < -0.39 is 0 Å². The van der Waals surface area contributed by atoms with Crippen LogP contribution in [0, 0.1) is 5.82 Å². The summed E-state index contributed by atoms with van der Waals surface area (Å²) in [6.45, 7) is 5.26. The summed E-state index contributed by atoms with van der Waals surface area (Å²) in [5.74, 6) is -0.108. The van der Waals surface area contributed by atoms with Crippen LogP contribution in [0.4, 0.5) is 4.39 Å². The summed E-state index contributed by atoms with van der Waals surface area (Å²) < 4.78 is 13.7. The maximum absolute atomic E-state index is 13.7. The Labute approximate surface area is 117 Å². The minimum atomic E-state index is -0.108. The van der Waals surface area contributed by atoms with Crippen molar-refractivity contribution in [2.45, 2.75) is 45.2 Å². The zero-order valence-corrected chi connectivity index (χ0v) is 12.6. The number of hydrogen-bond donors (Lipinski definition) is 1. The normalized spacial score (nSPS) is 14.6. The molecular formula is C16H27FN2. The van der Waals surface area contributed by atoms with Gasteiger partial charge >= 0.3 is 0 Å². The van der Waals surface area contributed by atoms with Crippen LogP contribution in [-0.2, 0) is 0 Å². The summed E-state index contributed by atoms with van der Waals surface area (Å²) in [5.41, 5.74) is 0.783. The van der Waals surface area contributed by atoms with E-state index in [1.54, 1.807) is 6.07 Å². The molecule has 0 aromatic heterocycles.